The number of piperazine rings is 1. The number of hydrogen-bond acceptors (Lipinski definition) is 3. The van der Waals surface area contributed by atoms with E-state index < -0.39 is 17.8 Å². The van der Waals surface area contributed by atoms with E-state index in [0.717, 1.165) is 31.1 Å². The SMILES string of the molecule is O=C([O-])[C@H]1[C@H](C(=O)N2CC[NH+](Cc3ccc(Cl)cc3)CC2)[C@H]2C=C[C@@H]1C2. The van der Waals surface area contributed by atoms with E-state index >= 15 is 0 Å². The van der Waals surface area contributed by atoms with Crippen molar-refractivity contribution in [2.75, 3.05) is 26.2 Å². The fraction of sp³-hybridized carbons (Fsp3) is 0.500. The number of quaternary nitrogens is 1. The van der Waals surface area contributed by atoms with Gasteiger partial charge in [-0.2, -0.15) is 0 Å². The maximum Gasteiger partial charge on any atom is 0.227 e. The Labute approximate surface area is 158 Å². The first-order valence-electron chi connectivity index (χ1n) is 9.29. The molecule has 1 aromatic carbocycles. The number of carbonyl (C=O) groups excluding carboxylic acids is 2. The zero-order chi connectivity index (χ0) is 18.3. The molecular formula is C20H23ClN2O3. The lowest BCUT2D eigenvalue weighted by Crippen LogP contribution is -3.13. The minimum absolute atomic E-state index is 0.00147. The van der Waals surface area contributed by atoms with E-state index in [-0.39, 0.29) is 17.7 Å². The summed E-state index contributed by atoms with van der Waals surface area (Å²) in [6.07, 6.45) is 4.74. The minimum atomic E-state index is -1.08. The Kier molecular flexibility index (Phi) is 4.76. The van der Waals surface area contributed by atoms with Crippen LogP contribution in [0.5, 0.6) is 0 Å². The number of fused-ring (bicyclic) bond motifs is 2. The van der Waals surface area contributed by atoms with Crippen molar-refractivity contribution in [3.63, 3.8) is 0 Å². The van der Waals surface area contributed by atoms with Gasteiger partial charge in [-0.3, -0.25) is 4.79 Å². The van der Waals surface area contributed by atoms with E-state index in [1.165, 1.54) is 10.5 Å². The molecule has 1 heterocycles. The first-order valence-corrected chi connectivity index (χ1v) is 9.66. The van der Waals surface area contributed by atoms with Crippen LogP contribution in [0, 0.1) is 23.7 Å². The molecule has 2 fully saturated rings. The van der Waals surface area contributed by atoms with Gasteiger partial charge in [-0.1, -0.05) is 35.9 Å². The molecule has 1 saturated heterocycles. The molecule has 5 nitrogen and oxygen atoms in total. The molecule has 1 saturated carbocycles. The Bertz CT molecular complexity index is 725. The smallest absolute Gasteiger partial charge is 0.227 e. The molecule has 26 heavy (non-hydrogen) atoms. The number of allylic oxidation sites excluding steroid dienone is 2. The number of rotatable bonds is 4. The lowest BCUT2D eigenvalue weighted by molar-refractivity contribution is -0.917. The summed E-state index contributed by atoms with van der Waals surface area (Å²) >= 11 is 5.93. The Morgan fingerprint density at radius 1 is 1.08 bits per heavy atom. The molecule has 2 bridgehead atoms. The molecule has 0 radical (unpaired) electrons. The van der Waals surface area contributed by atoms with E-state index in [1.54, 1.807) is 0 Å². The molecule has 1 aliphatic heterocycles. The van der Waals surface area contributed by atoms with Gasteiger partial charge in [0.25, 0.3) is 0 Å². The number of carbonyl (C=O) groups is 2. The van der Waals surface area contributed by atoms with Crippen molar-refractivity contribution < 1.29 is 19.6 Å². The van der Waals surface area contributed by atoms with Gasteiger partial charge < -0.3 is 19.7 Å². The fourth-order valence-electron chi connectivity index (χ4n) is 4.80. The Hall–Kier alpha value is -1.85. The second-order valence-electron chi connectivity index (χ2n) is 7.70. The lowest BCUT2D eigenvalue weighted by atomic mass is 9.82. The van der Waals surface area contributed by atoms with Crippen LogP contribution in [-0.4, -0.2) is 43.0 Å². The molecule has 0 aromatic heterocycles. The maximum absolute atomic E-state index is 13.0. The van der Waals surface area contributed by atoms with Gasteiger partial charge >= 0.3 is 0 Å². The lowest BCUT2D eigenvalue weighted by Gasteiger charge is -2.37. The highest BCUT2D eigenvalue weighted by atomic mass is 35.5. The number of nitrogens with zero attached hydrogens (tertiary/aromatic N) is 1. The molecule has 138 valence electrons. The monoisotopic (exact) mass is 374 g/mol. The summed E-state index contributed by atoms with van der Waals surface area (Å²) in [5.74, 6) is -2.14. The number of hydrogen-bond donors (Lipinski definition) is 1. The van der Waals surface area contributed by atoms with Crippen LogP contribution < -0.4 is 10.0 Å². The van der Waals surface area contributed by atoms with Crippen molar-refractivity contribution in [1.29, 1.82) is 0 Å². The van der Waals surface area contributed by atoms with Crippen molar-refractivity contribution in [2.24, 2.45) is 23.7 Å². The Morgan fingerprint density at radius 2 is 1.69 bits per heavy atom. The van der Waals surface area contributed by atoms with E-state index in [1.807, 2.05) is 41.3 Å². The summed E-state index contributed by atoms with van der Waals surface area (Å²) in [5.41, 5.74) is 1.24. The van der Waals surface area contributed by atoms with E-state index in [4.69, 9.17) is 11.6 Å². The number of benzene rings is 1. The number of carboxylic acids is 1. The van der Waals surface area contributed by atoms with Gasteiger partial charge in [0, 0.05) is 22.5 Å². The van der Waals surface area contributed by atoms with Gasteiger partial charge in [0.15, 0.2) is 0 Å². The van der Waals surface area contributed by atoms with Crippen molar-refractivity contribution in [3.8, 4) is 0 Å². The summed E-state index contributed by atoms with van der Waals surface area (Å²) < 4.78 is 0. The second kappa shape index (κ2) is 7.05. The van der Waals surface area contributed by atoms with Gasteiger partial charge in [-0.05, 0) is 30.4 Å². The molecular weight excluding hydrogens is 352 g/mol. The highest BCUT2D eigenvalue weighted by Gasteiger charge is 2.50. The predicted octanol–water partition coefficient (Wildman–Crippen LogP) is -0.245. The number of nitrogens with one attached hydrogen (secondary N) is 1. The summed E-state index contributed by atoms with van der Waals surface area (Å²) in [4.78, 5) is 27.8. The third-order valence-corrected chi connectivity index (χ3v) is 6.42. The van der Waals surface area contributed by atoms with Gasteiger partial charge in [0.1, 0.15) is 6.54 Å². The van der Waals surface area contributed by atoms with Crippen LogP contribution in [0.2, 0.25) is 5.02 Å². The van der Waals surface area contributed by atoms with Crippen LogP contribution >= 0.6 is 11.6 Å². The first kappa shape index (κ1) is 17.6. The molecule has 2 aliphatic carbocycles. The topological polar surface area (TPSA) is 64.9 Å². The van der Waals surface area contributed by atoms with Crippen LogP contribution in [-0.2, 0) is 16.1 Å². The van der Waals surface area contributed by atoms with Crippen molar-refractivity contribution >= 4 is 23.5 Å². The van der Waals surface area contributed by atoms with Crippen molar-refractivity contribution in [1.82, 2.24) is 4.90 Å². The highest BCUT2D eigenvalue weighted by Crippen LogP contribution is 2.48. The number of aliphatic carboxylic acids is 1. The molecule has 4 rings (SSSR count). The average molecular weight is 375 g/mol. The molecule has 1 amide bonds. The van der Waals surface area contributed by atoms with Gasteiger partial charge in [-0.25, -0.2) is 0 Å². The molecule has 3 aliphatic rings. The number of amides is 1. The molecule has 4 atom stereocenters. The third kappa shape index (κ3) is 3.26. The number of carboxylic acid groups (broad SMARTS) is 1. The highest BCUT2D eigenvalue weighted by molar-refractivity contribution is 6.30. The zero-order valence-corrected chi connectivity index (χ0v) is 15.3. The molecule has 1 N–H and O–H groups in total. The Morgan fingerprint density at radius 3 is 2.31 bits per heavy atom. The normalized spacial score (nSPS) is 30.7. The molecule has 0 spiro atoms. The largest absolute Gasteiger partial charge is 0.550 e. The fourth-order valence-corrected chi connectivity index (χ4v) is 4.93. The quantitative estimate of drug-likeness (QED) is 0.739. The van der Waals surface area contributed by atoms with E-state index in [0.29, 0.717) is 13.1 Å². The standard InChI is InChI=1S/C20H23ClN2O3/c21-16-5-1-13(2-6-16)12-22-7-9-23(10-8-22)19(24)17-14-3-4-15(11-14)18(17)20(25)26/h1-6,14-15,17-18H,7-12H2,(H,25,26)/t14-,15+,17+,18+/m0/s1. The van der Waals surface area contributed by atoms with Gasteiger partial charge in [-0.15, -0.1) is 0 Å². The second-order valence-corrected chi connectivity index (χ2v) is 8.13. The van der Waals surface area contributed by atoms with Crippen molar-refractivity contribution in [2.45, 2.75) is 13.0 Å². The number of halogens is 1. The van der Waals surface area contributed by atoms with Crippen LogP contribution in [0.15, 0.2) is 36.4 Å². The predicted molar refractivity (Wildman–Crippen MR) is 95.2 cm³/mol. The average Bonchev–Trinajstić information content (AvgIpc) is 3.25. The van der Waals surface area contributed by atoms with E-state index in [9.17, 15) is 14.7 Å². The van der Waals surface area contributed by atoms with Crippen LogP contribution in [0.1, 0.15) is 12.0 Å². The molecule has 6 heteroatoms. The zero-order valence-electron chi connectivity index (χ0n) is 14.6. The van der Waals surface area contributed by atoms with Gasteiger partial charge in [0.2, 0.25) is 5.91 Å². The van der Waals surface area contributed by atoms with E-state index in [2.05, 4.69) is 0 Å². The maximum atomic E-state index is 13.0. The van der Waals surface area contributed by atoms with Crippen LogP contribution in [0.25, 0.3) is 0 Å². The minimum Gasteiger partial charge on any atom is -0.550 e. The Balaban J connectivity index is 1.36. The van der Waals surface area contributed by atoms with Crippen LogP contribution in [0.3, 0.4) is 0 Å². The first-order chi connectivity index (χ1) is 12.5. The van der Waals surface area contributed by atoms with Crippen LogP contribution in [0.4, 0.5) is 0 Å². The third-order valence-electron chi connectivity index (χ3n) is 6.17. The molecule has 1 aromatic rings. The van der Waals surface area contributed by atoms with Crippen molar-refractivity contribution in [3.05, 3.63) is 47.0 Å². The van der Waals surface area contributed by atoms with Gasteiger partial charge in [0.05, 0.1) is 32.1 Å². The summed E-state index contributed by atoms with van der Waals surface area (Å²) in [7, 11) is 0. The molecule has 0 unspecified atom stereocenters. The summed E-state index contributed by atoms with van der Waals surface area (Å²) in [6.45, 7) is 4.03. The summed E-state index contributed by atoms with van der Waals surface area (Å²) in [6, 6.07) is 7.88. The summed E-state index contributed by atoms with van der Waals surface area (Å²) in [5, 5.41) is 12.3.